The van der Waals surface area contributed by atoms with Crippen LogP contribution in [0.4, 0.5) is 0 Å². The van der Waals surface area contributed by atoms with Crippen molar-refractivity contribution in [2.24, 2.45) is 0 Å². The molecule has 1 aromatic rings. The van der Waals surface area contributed by atoms with Gasteiger partial charge in [0.1, 0.15) is 5.78 Å². The van der Waals surface area contributed by atoms with E-state index >= 15 is 0 Å². The first kappa shape index (κ1) is 16.2. The predicted molar refractivity (Wildman–Crippen MR) is 88.5 cm³/mol. The first-order chi connectivity index (χ1) is 10.3. The van der Waals surface area contributed by atoms with Crippen LogP contribution < -0.4 is 0 Å². The van der Waals surface area contributed by atoms with E-state index in [9.17, 15) is 4.79 Å². The fourth-order valence-electron chi connectivity index (χ4n) is 3.38. The number of ketones is 1. The topological polar surface area (TPSA) is 20.3 Å². The van der Waals surface area contributed by atoms with Gasteiger partial charge in [0.05, 0.1) is 0 Å². The van der Waals surface area contributed by atoms with Gasteiger partial charge in [0.25, 0.3) is 0 Å². The van der Waals surface area contributed by atoms with Crippen LogP contribution in [0, 0.1) is 0 Å². The van der Waals surface area contributed by atoms with E-state index in [0.717, 1.165) is 13.0 Å². The molecule has 1 aliphatic heterocycles. The van der Waals surface area contributed by atoms with Crippen molar-refractivity contribution in [1.29, 1.82) is 0 Å². The van der Waals surface area contributed by atoms with Crippen LogP contribution in [-0.4, -0.2) is 29.8 Å². The van der Waals surface area contributed by atoms with E-state index in [1.807, 2.05) is 0 Å². The molecule has 0 radical (unpaired) electrons. The molecule has 0 bridgehead atoms. The van der Waals surface area contributed by atoms with Crippen molar-refractivity contribution in [1.82, 2.24) is 4.90 Å². The van der Waals surface area contributed by atoms with Crippen LogP contribution in [-0.2, 0) is 11.2 Å². The van der Waals surface area contributed by atoms with Gasteiger partial charge in [-0.2, -0.15) is 0 Å². The number of carbonyl (C=O) groups is 1. The van der Waals surface area contributed by atoms with Gasteiger partial charge in [-0.1, -0.05) is 43.2 Å². The molecule has 1 saturated heterocycles. The van der Waals surface area contributed by atoms with Crippen molar-refractivity contribution >= 4 is 5.78 Å². The molecule has 1 aliphatic rings. The number of likely N-dealkylation sites (tertiary alicyclic amines) is 1. The second-order valence-corrected chi connectivity index (χ2v) is 6.39. The lowest BCUT2D eigenvalue weighted by Gasteiger charge is -2.29. The van der Waals surface area contributed by atoms with Crippen molar-refractivity contribution < 1.29 is 4.79 Å². The first-order valence-electron chi connectivity index (χ1n) is 8.53. The van der Waals surface area contributed by atoms with Crippen LogP contribution >= 0.6 is 0 Å². The lowest BCUT2D eigenvalue weighted by atomic mass is 10.0. The summed E-state index contributed by atoms with van der Waals surface area (Å²) < 4.78 is 0. The summed E-state index contributed by atoms with van der Waals surface area (Å²) in [4.78, 5) is 14.0. The maximum absolute atomic E-state index is 11.5. The third kappa shape index (κ3) is 6.01. The molecule has 0 aromatic heterocycles. The Morgan fingerprint density at radius 2 is 1.95 bits per heavy atom. The molecule has 116 valence electrons. The normalized spacial score (nSPS) is 20.1. The zero-order valence-electron chi connectivity index (χ0n) is 13.4. The number of hydrogen-bond donors (Lipinski definition) is 0. The van der Waals surface area contributed by atoms with Crippen LogP contribution in [0.2, 0.25) is 0 Å². The van der Waals surface area contributed by atoms with E-state index in [-0.39, 0.29) is 0 Å². The number of rotatable bonds is 7. The third-order valence-electron chi connectivity index (χ3n) is 4.53. The molecule has 1 heterocycles. The van der Waals surface area contributed by atoms with Gasteiger partial charge in [-0.3, -0.25) is 9.69 Å². The molecule has 1 aromatic carbocycles. The lowest BCUT2D eigenvalue weighted by molar-refractivity contribution is -0.118. The molecule has 0 saturated carbocycles. The second-order valence-electron chi connectivity index (χ2n) is 6.39. The lowest BCUT2D eigenvalue weighted by Crippen LogP contribution is -2.37. The van der Waals surface area contributed by atoms with E-state index in [4.69, 9.17) is 0 Å². The minimum absolute atomic E-state index is 0.344. The minimum Gasteiger partial charge on any atom is -0.300 e. The molecule has 1 fully saturated rings. The summed E-state index contributed by atoms with van der Waals surface area (Å²) in [5.41, 5.74) is 1.44. The van der Waals surface area contributed by atoms with Crippen LogP contribution in [0.3, 0.4) is 0 Å². The third-order valence-corrected chi connectivity index (χ3v) is 4.53. The summed E-state index contributed by atoms with van der Waals surface area (Å²) >= 11 is 0. The van der Waals surface area contributed by atoms with Crippen LogP contribution in [0.25, 0.3) is 0 Å². The summed E-state index contributed by atoms with van der Waals surface area (Å²) in [6.45, 7) is 4.08. The van der Waals surface area contributed by atoms with Crippen LogP contribution in [0.15, 0.2) is 30.3 Å². The van der Waals surface area contributed by atoms with Gasteiger partial charge in [0.2, 0.25) is 0 Å². The molecule has 2 rings (SSSR count). The van der Waals surface area contributed by atoms with Crippen LogP contribution in [0.1, 0.15) is 57.4 Å². The SMILES string of the molecule is CC(=O)CC1CCCCCN1CCCCc1ccccc1. The van der Waals surface area contributed by atoms with Gasteiger partial charge in [-0.05, 0) is 57.7 Å². The molecule has 2 heteroatoms. The Bertz CT molecular complexity index is 415. The van der Waals surface area contributed by atoms with Gasteiger partial charge in [0, 0.05) is 12.5 Å². The van der Waals surface area contributed by atoms with E-state index in [1.54, 1.807) is 6.92 Å². The highest BCUT2D eigenvalue weighted by atomic mass is 16.1. The van der Waals surface area contributed by atoms with Crippen LogP contribution in [0.5, 0.6) is 0 Å². The van der Waals surface area contributed by atoms with E-state index < -0.39 is 0 Å². The first-order valence-corrected chi connectivity index (χ1v) is 8.53. The summed E-state index contributed by atoms with van der Waals surface area (Å²) in [5.74, 6) is 0.344. The molecule has 0 spiro atoms. The Morgan fingerprint density at radius 3 is 2.71 bits per heavy atom. The van der Waals surface area contributed by atoms with Gasteiger partial charge < -0.3 is 0 Å². The fraction of sp³-hybridized carbons (Fsp3) is 0.632. The van der Waals surface area contributed by atoms with Gasteiger partial charge in [-0.25, -0.2) is 0 Å². The zero-order valence-corrected chi connectivity index (χ0v) is 13.4. The minimum atomic E-state index is 0.344. The van der Waals surface area contributed by atoms with E-state index in [0.29, 0.717) is 11.8 Å². The smallest absolute Gasteiger partial charge is 0.131 e. The number of hydrogen-bond acceptors (Lipinski definition) is 2. The fourth-order valence-corrected chi connectivity index (χ4v) is 3.38. The number of Topliss-reactive ketones (excluding diaryl/α,β-unsaturated/α-hetero) is 1. The number of benzene rings is 1. The highest BCUT2D eigenvalue weighted by Gasteiger charge is 2.21. The highest BCUT2D eigenvalue weighted by Crippen LogP contribution is 2.20. The summed E-state index contributed by atoms with van der Waals surface area (Å²) in [6.07, 6.45) is 9.53. The Morgan fingerprint density at radius 1 is 1.14 bits per heavy atom. The summed E-state index contributed by atoms with van der Waals surface area (Å²) in [7, 11) is 0. The van der Waals surface area contributed by atoms with Gasteiger partial charge in [-0.15, -0.1) is 0 Å². The standard InChI is InChI=1S/C19H29NO/c1-17(21)16-19-13-6-3-8-14-20(19)15-9-7-12-18-10-4-2-5-11-18/h2,4-5,10-11,19H,3,6-9,12-16H2,1H3. The van der Waals surface area contributed by atoms with Crippen molar-refractivity contribution in [3.8, 4) is 0 Å². The quantitative estimate of drug-likeness (QED) is 0.699. The number of nitrogens with zero attached hydrogens (tertiary/aromatic N) is 1. The molecule has 2 nitrogen and oxygen atoms in total. The summed E-state index contributed by atoms with van der Waals surface area (Å²) in [6, 6.07) is 11.2. The Labute approximate surface area is 129 Å². The average molecular weight is 287 g/mol. The number of carbonyl (C=O) groups excluding carboxylic acids is 1. The molecule has 1 unspecified atom stereocenters. The zero-order chi connectivity index (χ0) is 14.9. The maximum atomic E-state index is 11.5. The van der Waals surface area contributed by atoms with E-state index in [1.165, 1.54) is 57.1 Å². The largest absolute Gasteiger partial charge is 0.300 e. The Balaban J connectivity index is 1.74. The highest BCUT2D eigenvalue weighted by molar-refractivity contribution is 5.76. The molecular formula is C19H29NO. The summed E-state index contributed by atoms with van der Waals surface area (Å²) in [5, 5.41) is 0. The monoisotopic (exact) mass is 287 g/mol. The van der Waals surface area contributed by atoms with Gasteiger partial charge >= 0.3 is 0 Å². The Hall–Kier alpha value is -1.15. The van der Waals surface area contributed by atoms with Crippen molar-refractivity contribution in [3.63, 3.8) is 0 Å². The Kier molecular flexibility index (Phi) is 6.94. The second kappa shape index (κ2) is 8.99. The molecule has 0 N–H and O–H groups in total. The van der Waals surface area contributed by atoms with Crippen molar-refractivity contribution in [2.45, 2.75) is 64.3 Å². The average Bonchev–Trinajstić information content (AvgIpc) is 2.70. The molecule has 0 aliphatic carbocycles. The predicted octanol–water partition coefficient (Wildman–Crippen LogP) is 4.23. The molecule has 1 atom stereocenters. The van der Waals surface area contributed by atoms with Crippen molar-refractivity contribution in [2.75, 3.05) is 13.1 Å². The number of aryl methyl sites for hydroxylation is 1. The molecule has 21 heavy (non-hydrogen) atoms. The molecular weight excluding hydrogens is 258 g/mol. The van der Waals surface area contributed by atoms with Gasteiger partial charge in [0.15, 0.2) is 0 Å². The molecule has 0 amide bonds. The van der Waals surface area contributed by atoms with E-state index in [2.05, 4.69) is 35.2 Å². The maximum Gasteiger partial charge on any atom is 0.131 e. The van der Waals surface area contributed by atoms with Crippen molar-refractivity contribution in [3.05, 3.63) is 35.9 Å². The number of unbranched alkanes of at least 4 members (excludes halogenated alkanes) is 1.